The Kier molecular flexibility index (Phi) is 5.28. The first-order valence-electron chi connectivity index (χ1n) is 9.59. The number of nitrogens with two attached hydrogens (primary N) is 1. The summed E-state index contributed by atoms with van der Waals surface area (Å²) in [6.45, 7) is 1.86. The van der Waals surface area contributed by atoms with E-state index in [2.05, 4.69) is 22.0 Å². The third-order valence-corrected chi connectivity index (χ3v) is 6.37. The maximum atomic E-state index is 12.4. The van der Waals surface area contributed by atoms with Crippen LogP contribution in [-0.2, 0) is 6.54 Å². The molecule has 1 fully saturated rings. The van der Waals surface area contributed by atoms with Crippen LogP contribution in [0.5, 0.6) is 0 Å². The van der Waals surface area contributed by atoms with Gasteiger partial charge in [0.25, 0.3) is 5.91 Å². The molecule has 146 valence electrons. The molecule has 3 aromatic rings. The molecule has 0 radical (unpaired) electrons. The van der Waals surface area contributed by atoms with Crippen molar-refractivity contribution in [3.8, 4) is 0 Å². The van der Waals surface area contributed by atoms with Gasteiger partial charge in [0, 0.05) is 32.2 Å². The van der Waals surface area contributed by atoms with Crippen molar-refractivity contribution >= 4 is 33.1 Å². The fraction of sp³-hybridized carbons (Fsp3) is 0.381. The molecule has 1 aliphatic heterocycles. The zero-order chi connectivity index (χ0) is 19.7. The topological polar surface area (TPSA) is 75.4 Å². The number of aromatic nitrogens is 2. The summed E-state index contributed by atoms with van der Waals surface area (Å²) in [7, 11) is 3.48. The summed E-state index contributed by atoms with van der Waals surface area (Å²) >= 11 is 1.39. The Bertz CT molecular complexity index is 985. The Morgan fingerprint density at radius 2 is 2.14 bits per heavy atom. The second kappa shape index (κ2) is 7.85. The van der Waals surface area contributed by atoms with Crippen molar-refractivity contribution in [2.75, 3.05) is 26.4 Å². The zero-order valence-corrected chi connectivity index (χ0v) is 17.1. The first kappa shape index (κ1) is 18.8. The Morgan fingerprint density at radius 3 is 2.89 bits per heavy atom. The fourth-order valence-corrected chi connectivity index (χ4v) is 4.90. The second-order valence-corrected chi connectivity index (χ2v) is 8.44. The minimum absolute atomic E-state index is 0.0727. The van der Waals surface area contributed by atoms with Crippen LogP contribution in [0.4, 0.5) is 5.69 Å². The predicted molar refractivity (Wildman–Crippen MR) is 113 cm³/mol. The van der Waals surface area contributed by atoms with E-state index in [-0.39, 0.29) is 11.9 Å². The Morgan fingerprint density at radius 1 is 1.29 bits per heavy atom. The van der Waals surface area contributed by atoms with E-state index in [0.717, 1.165) is 41.1 Å². The molecule has 6 nitrogen and oxygen atoms in total. The average Bonchev–Trinajstić information content (AvgIpc) is 3.04. The lowest BCUT2D eigenvalue weighted by atomic mass is 9.98. The molecule has 1 atom stereocenters. The van der Waals surface area contributed by atoms with Crippen molar-refractivity contribution in [1.82, 2.24) is 19.8 Å². The quantitative estimate of drug-likeness (QED) is 0.729. The van der Waals surface area contributed by atoms with Crippen molar-refractivity contribution in [1.29, 1.82) is 0 Å². The lowest BCUT2D eigenvalue weighted by molar-refractivity contribution is 0.0833. The monoisotopic (exact) mass is 395 g/mol. The van der Waals surface area contributed by atoms with Crippen molar-refractivity contribution in [2.45, 2.75) is 31.8 Å². The number of hydrogen-bond acceptors (Lipinski definition) is 6. The molecule has 28 heavy (non-hydrogen) atoms. The summed E-state index contributed by atoms with van der Waals surface area (Å²) in [5, 5.41) is 0.867. The van der Waals surface area contributed by atoms with E-state index in [0.29, 0.717) is 10.6 Å². The molecule has 4 rings (SSSR count). The number of thiophene rings is 1. The van der Waals surface area contributed by atoms with Crippen molar-refractivity contribution < 1.29 is 4.79 Å². The molecular formula is C21H25N5OS. The van der Waals surface area contributed by atoms with Crippen molar-refractivity contribution in [2.24, 2.45) is 0 Å². The molecule has 7 heteroatoms. The number of amides is 1. The number of carbonyl (C=O) groups is 1. The van der Waals surface area contributed by atoms with Crippen LogP contribution in [0.15, 0.2) is 36.5 Å². The largest absolute Gasteiger partial charge is 0.397 e. The van der Waals surface area contributed by atoms with E-state index in [1.165, 1.54) is 24.2 Å². The highest BCUT2D eigenvalue weighted by atomic mass is 32.1. The standard InChI is InChI=1S/C21H25N5OS/c1-25(2)21(27)19-18(22)15-9-10-16(24-20(15)28-19)17-8-4-6-12-26(17)13-14-7-3-5-11-23-14/h3,5,7,9-11,17H,4,6,8,12-13,22H2,1-2H3/t17-/m0/s1. The van der Waals surface area contributed by atoms with E-state index in [1.807, 2.05) is 24.4 Å². The summed E-state index contributed by atoms with van der Waals surface area (Å²) in [6, 6.07) is 10.4. The van der Waals surface area contributed by atoms with Gasteiger partial charge in [-0.25, -0.2) is 4.98 Å². The molecule has 1 amide bonds. The van der Waals surface area contributed by atoms with Crippen LogP contribution in [0.1, 0.15) is 46.4 Å². The highest BCUT2D eigenvalue weighted by molar-refractivity contribution is 7.21. The van der Waals surface area contributed by atoms with Gasteiger partial charge in [0.05, 0.1) is 23.1 Å². The number of fused-ring (bicyclic) bond motifs is 1. The van der Waals surface area contributed by atoms with Crippen LogP contribution < -0.4 is 5.73 Å². The van der Waals surface area contributed by atoms with Gasteiger partial charge in [0.2, 0.25) is 0 Å². The normalized spacial score (nSPS) is 17.7. The molecule has 3 aromatic heterocycles. The zero-order valence-electron chi connectivity index (χ0n) is 16.3. The van der Waals surface area contributed by atoms with Gasteiger partial charge in [0.15, 0.2) is 0 Å². The van der Waals surface area contributed by atoms with Gasteiger partial charge in [0.1, 0.15) is 9.71 Å². The van der Waals surface area contributed by atoms with E-state index in [9.17, 15) is 4.79 Å². The van der Waals surface area contributed by atoms with E-state index >= 15 is 0 Å². The lowest BCUT2D eigenvalue weighted by Gasteiger charge is -2.35. The number of nitrogen functional groups attached to an aromatic ring is 1. The van der Waals surface area contributed by atoms with Crippen LogP contribution in [-0.4, -0.2) is 46.3 Å². The SMILES string of the molecule is CN(C)C(=O)c1sc2nc([C@@H]3CCCCN3Cc3ccccn3)ccc2c1N. The minimum atomic E-state index is -0.0727. The van der Waals surface area contributed by atoms with Gasteiger partial charge in [-0.1, -0.05) is 12.5 Å². The third kappa shape index (κ3) is 3.59. The van der Waals surface area contributed by atoms with Gasteiger partial charge in [-0.05, 0) is 43.7 Å². The van der Waals surface area contributed by atoms with Crippen molar-refractivity contribution in [3.63, 3.8) is 0 Å². The van der Waals surface area contributed by atoms with Crippen LogP contribution in [0, 0.1) is 0 Å². The molecule has 1 saturated heterocycles. The molecule has 1 aliphatic rings. The van der Waals surface area contributed by atoms with Crippen LogP contribution in [0.25, 0.3) is 10.2 Å². The molecule has 0 bridgehead atoms. The third-order valence-electron chi connectivity index (χ3n) is 5.26. The molecule has 0 unspecified atom stereocenters. The molecule has 0 saturated carbocycles. The first-order chi connectivity index (χ1) is 13.5. The van der Waals surface area contributed by atoms with Crippen LogP contribution in [0.2, 0.25) is 0 Å². The fourth-order valence-electron chi connectivity index (χ4n) is 3.77. The maximum Gasteiger partial charge on any atom is 0.265 e. The summed E-state index contributed by atoms with van der Waals surface area (Å²) in [4.78, 5) is 27.2. The number of carbonyl (C=O) groups excluding carboxylic acids is 1. The second-order valence-electron chi connectivity index (χ2n) is 7.44. The number of pyridine rings is 2. The van der Waals surface area contributed by atoms with E-state index in [4.69, 9.17) is 10.7 Å². The number of hydrogen-bond donors (Lipinski definition) is 1. The number of nitrogens with zero attached hydrogens (tertiary/aromatic N) is 4. The number of likely N-dealkylation sites (tertiary alicyclic amines) is 1. The van der Waals surface area contributed by atoms with Crippen LogP contribution >= 0.6 is 11.3 Å². The van der Waals surface area contributed by atoms with E-state index in [1.54, 1.807) is 19.0 Å². The van der Waals surface area contributed by atoms with Crippen LogP contribution in [0.3, 0.4) is 0 Å². The lowest BCUT2D eigenvalue weighted by Crippen LogP contribution is -2.33. The van der Waals surface area contributed by atoms with Gasteiger partial charge in [-0.15, -0.1) is 11.3 Å². The molecule has 2 N–H and O–H groups in total. The Balaban J connectivity index is 1.65. The highest BCUT2D eigenvalue weighted by Crippen LogP contribution is 2.36. The predicted octanol–water partition coefficient (Wildman–Crippen LogP) is 3.70. The summed E-state index contributed by atoms with van der Waals surface area (Å²) < 4.78 is 0. The number of anilines is 1. The Labute approximate surface area is 169 Å². The smallest absolute Gasteiger partial charge is 0.265 e. The molecule has 0 aliphatic carbocycles. The average molecular weight is 396 g/mol. The van der Waals surface area contributed by atoms with Crippen molar-refractivity contribution in [3.05, 3.63) is 52.8 Å². The molecule has 0 spiro atoms. The summed E-state index contributed by atoms with van der Waals surface area (Å²) in [5.41, 5.74) is 8.90. The first-order valence-corrected chi connectivity index (χ1v) is 10.4. The van der Waals surface area contributed by atoms with Gasteiger partial charge >= 0.3 is 0 Å². The minimum Gasteiger partial charge on any atom is -0.397 e. The highest BCUT2D eigenvalue weighted by Gasteiger charge is 2.26. The maximum absolute atomic E-state index is 12.4. The van der Waals surface area contributed by atoms with Gasteiger partial charge < -0.3 is 10.6 Å². The number of piperidine rings is 1. The Hall–Kier alpha value is -2.51. The number of rotatable bonds is 4. The summed E-state index contributed by atoms with van der Waals surface area (Å²) in [6.07, 6.45) is 5.31. The van der Waals surface area contributed by atoms with Gasteiger partial charge in [-0.3, -0.25) is 14.7 Å². The summed E-state index contributed by atoms with van der Waals surface area (Å²) in [5.74, 6) is -0.0727. The molecule has 4 heterocycles. The molecular weight excluding hydrogens is 370 g/mol. The van der Waals surface area contributed by atoms with E-state index < -0.39 is 0 Å². The van der Waals surface area contributed by atoms with Gasteiger partial charge in [-0.2, -0.15) is 0 Å². The molecule has 0 aromatic carbocycles.